The number of halogens is 3. The van der Waals surface area contributed by atoms with E-state index in [2.05, 4.69) is 10.5 Å². The topological polar surface area (TPSA) is 70.6 Å². The van der Waals surface area contributed by atoms with Crippen LogP contribution in [0.15, 0.2) is 35.5 Å². The summed E-state index contributed by atoms with van der Waals surface area (Å²) in [6.45, 7) is -1.17. The predicted octanol–water partition coefficient (Wildman–Crippen LogP) is 1.67. The summed E-state index contributed by atoms with van der Waals surface area (Å²) in [6, 6.07) is 8.65. The molecule has 0 saturated heterocycles. The highest BCUT2D eigenvalue weighted by Gasteiger charge is 2.27. The highest BCUT2D eigenvalue weighted by atomic mass is 19.4. The SMILES string of the molecule is NC(=NO)C(CNCC(F)(F)F)c1ccccc1. The normalized spacial score (nSPS) is 14.5. The first-order valence-electron chi connectivity index (χ1n) is 5.24. The van der Waals surface area contributed by atoms with Crippen molar-refractivity contribution in [2.45, 2.75) is 12.1 Å². The Morgan fingerprint density at radius 3 is 2.44 bits per heavy atom. The molecular weight excluding hydrogens is 247 g/mol. The minimum absolute atomic E-state index is 0.0561. The van der Waals surface area contributed by atoms with E-state index in [4.69, 9.17) is 10.9 Å². The van der Waals surface area contributed by atoms with E-state index in [1.165, 1.54) is 0 Å². The van der Waals surface area contributed by atoms with Gasteiger partial charge in [0, 0.05) is 6.54 Å². The van der Waals surface area contributed by atoms with E-state index in [0.717, 1.165) is 0 Å². The predicted molar refractivity (Wildman–Crippen MR) is 61.5 cm³/mol. The van der Waals surface area contributed by atoms with Gasteiger partial charge in [0.1, 0.15) is 5.84 Å². The molecule has 0 heterocycles. The van der Waals surface area contributed by atoms with Gasteiger partial charge in [0.25, 0.3) is 0 Å². The summed E-state index contributed by atoms with van der Waals surface area (Å²) in [5.41, 5.74) is 6.16. The molecule has 0 radical (unpaired) electrons. The van der Waals surface area contributed by atoms with Crippen LogP contribution in [-0.4, -0.2) is 30.3 Å². The Labute approximate surface area is 102 Å². The quantitative estimate of drug-likeness (QED) is 0.327. The molecule has 0 aliphatic carbocycles. The van der Waals surface area contributed by atoms with Crippen LogP contribution in [0.2, 0.25) is 0 Å². The van der Waals surface area contributed by atoms with E-state index in [0.29, 0.717) is 5.56 Å². The summed E-state index contributed by atoms with van der Waals surface area (Å²) in [7, 11) is 0. The summed E-state index contributed by atoms with van der Waals surface area (Å²) < 4.78 is 36.1. The molecule has 4 N–H and O–H groups in total. The Morgan fingerprint density at radius 2 is 1.94 bits per heavy atom. The number of rotatable bonds is 5. The van der Waals surface area contributed by atoms with Crippen LogP contribution in [0.5, 0.6) is 0 Å². The molecule has 0 bridgehead atoms. The lowest BCUT2D eigenvalue weighted by Gasteiger charge is -2.17. The van der Waals surface area contributed by atoms with Crippen molar-refractivity contribution in [3.63, 3.8) is 0 Å². The van der Waals surface area contributed by atoms with Gasteiger partial charge >= 0.3 is 6.18 Å². The van der Waals surface area contributed by atoms with E-state index in [-0.39, 0.29) is 12.4 Å². The van der Waals surface area contributed by atoms with Gasteiger partial charge in [-0.3, -0.25) is 0 Å². The van der Waals surface area contributed by atoms with E-state index in [1.54, 1.807) is 30.3 Å². The summed E-state index contributed by atoms with van der Waals surface area (Å²) in [6.07, 6.45) is -4.29. The van der Waals surface area contributed by atoms with E-state index in [9.17, 15) is 13.2 Å². The summed E-state index contributed by atoms with van der Waals surface area (Å²) >= 11 is 0. The number of benzene rings is 1. The van der Waals surface area contributed by atoms with Crippen LogP contribution >= 0.6 is 0 Å². The number of nitrogens with one attached hydrogen (secondary N) is 1. The maximum Gasteiger partial charge on any atom is 0.401 e. The maximum absolute atomic E-state index is 12.0. The molecule has 1 aromatic rings. The van der Waals surface area contributed by atoms with E-state index >= 15 is 0 Å². The van der Waals surface area contributed by atoms with Crippen LogP contribution in [0.4, 0.5) is 13.2 Å². The average molecular weight is 261 g/mol. The Kier molecular flexibility index (Phi) is 4.96. The lowest BCUT2D eigenvalue weighted by atomic mass is 9.98. The minimum Gasteiger partial charge on any atom is -0.409 e. The van der Waals surface area contributed by atoms with Crippen LogP contribution in [-0.2, 0) is 0 Å². The average Bonchev–Trinajstić information content (AvgIpc) is 2.33. The third kappa shape index (κ3) is 4.62. The number of nitrogens with two attached hydrogens (primary N) is 1. The number of hydrogen-bond donors (Lipinski definition) is 3. The van der Waals surface area contributed by atoms with Gasteiger partial charge in [-0.05, 0) is 5.56 Å². The second-order valence-corrected chi connectivity index (χ2v) is 3.73. The number of hydrogen-bond acceptors (Lipinski definition) is 3. The lowest BCUT2D eigenvalue weighted by molar-refractivity contribution is -0.124. The van der Waals surface area contributed by atoms with E-state index < -0.39 is 18.6 Å². The fraction of sp³-hybridized carbons (Fsp3) is 0.364. The van der Waals surface area contributed by atoms with Gasteiger partial charge in [-0.1, -0.05) is 35.5 Å². The van der Waals surface area contributed by atoms with Crippen LogP contribution < -0.4 is 11.1 Å². The molecule has 1 aromatic carbocycles. The second-order valence-electron chi connectivity index (χ2n) is 3.73. The summed E-state index contributed by atoms with van der Waals surface area (Å²) in [4.78, 5) is 0. The fourth-order valence-electron chi connectivity index (χ4n) is 1.51. The van der Waals surface area contributed by atoms with Gasteiger partial charge in [-0.2, -0.15) is 13.2 Å². The first kappa shape index (κ1) is 14.3. The molecule has 0 aliphatic heterocycles. The Morgan fingerprint density at radius 1 is 1.33 bits per heavy atom. The Bertz CT molecular complexity index is 392. The first-order valence-corrected chi connectivity index (χ1v) is 5.24. The molecule has 1 rings (SSSR count). The molecule has 18 heavy (non-hydrogen) atoms. The zero-order valence-electron chi connectivity index (χ0n) is 9.48. The van der Waals surface area contributed by atoms with Crippen molar-refractivity contribution in [1.29, 1.82) is 0 Å². The maximum atomic E-state index is 12.0. The molecule has 0 aromatic heterocycles. The van der Waals surface area contributed by atoms with Crippen molar-refractivity contribution in [2.24, 2.45) is 10.9 Å². The number of amidine groups is 1. The van der Waals surface area contributed by atoms with Crippen molar-refractivity contribution in [3.8, 4) is 0 Å². The Balaban J connectivity index is 2.70. The molecule has 100 valence electrons. The molecular formula is C11H14F3N3O. The van der Waals surface area contributed by atoms with Gasteiger partial charge in [0.15, 0.2) is 0 Å². The second kappa shape index (κ2) is 6.25. The van der Waals surface area contributed by atoms with Crippen molar-refractivity contribution in [3.05, 3.63) is 35.9 Å². The summed E-state index contributed by atoms with van der Waals surface area (Å²) in [5, 5.41) is 13.7. The van der Waals surface area contributed by atoms with Crippen LogP contribution in [0.3, 0.4) is 0 Å². The molecule has 0 amide bonds. The van der Waals surface area contributed by atoms with Crippen molar-refractivity contribution in [1.82, 2.24) is 5.32 Å². The molecule has 1 atom stereocenters. The van der Waals surface area contributed by atoms with Gasteiger partial charge in [-0.15, -0.1) is 0 Å². The Hall–Kier alpha value is -1.76. The number of oxime groups is 1. The molecule has 0 fully saturated rings. The van der Waals surface area contributed by atoms with Crippen LogP contribution in [0.1, 0.15) is 11.5 Å². The van der Waals surface area contributed by atoms with E-state index in [1.807, 2.05) is 0 Å². The highest BCUT2D eigenvalue weighted by Crippen LogP contribution is 2.16. The minimum atomic E-state index is -4.29. The third-order valence-corrected chi connectivity index (χ3v) is 2.35. The fourth-order valence-corrected chi connectivity index (χ4v) is 1.51. The largest absolute Gasteiger partial charge is 0.409 e. The number of alkyl halides is 3. The van der Waals surface area contributed by atoms with Crippen LogP contribution in [0, 0.1) is 0 Å². The standard InChI is InChI=1S/C11H14F3N3O/c12-11(13,14)7-16-6-9(10(15)17-18)8-4-2-1-3-5-8/h1-5,9,16,18H,6-7H2,(H2,15,17). The zero-order chi connectivity index (χ0) is 13.6. The molecule has 4 nitrogen and oxygen atoms in total. The first-order chi connectivity index (χ1) is 8.44. The monoisotopic (exact) mass is 261 g/mol. The number of nitrogens with zero attached hydrogens (tertiary/aromatic N) is 1. The van der Waals surface area contributed by atoms with Gasteiger partial charge < -0.3 is 16.3 Å². The molecule has 7 heteroatoms. The van der Waals surface area contributed by atoms with Crippen molar-refractivity contribution in [2.75, 3.05) is 13.1 Å². The van der Waals surface area contributed by atoms with Gasteiger partial charge in [0.2, 0.25) is 0 Å². The van der Waals surface area contributed by atoms with Gasteiger partial charge in [0.05, 0.1) is 12.5 Å². The summed E-state index contributed by atoms with van der Waals surface area (Å²) in [5.74, 6) is -0.727. The van der Waals surface area contributed by atoms with Gasteiger partial charge in [-0.25, -0.2) is 0 Å². The van der Waals surface area contributed by atoms with Crippen molar-refractivity contribution < 1.29 is 18.4 Å². The molecule has 0 saturated carbocycles. The molecule has 0 aliphatic rings. The smallest absolute Gasteiger partial charge is 0.401 e. The van der Waals surface area contributed by atoms with Crippen molar-refractivity contribution >= 4 is 5.84 Å². The zero-order valence-corrected chi connectivity index (χ0v) is 9.48. The highest BCUT2D eigenvalue weighted by molar-refractivity contribution is 5.87. The third-order valence-electron chi connectivity index (χ3n) is 2.35. The molecule has 0 spiro atoms. The molecule has 1 unspecified atom stereocenters. The lowest BCUT2D eigenvalue weighted by Crippen LogP contribution is -2.36. The van der Waals surface area contributed by atoms with Crippen LogP contribution in [0.25, 0.3) is 0 Å².